The number of aliphatic imine (C=N–C) groups is 1. The molecule has 0 aromatic heterocycles. The van der Waals surface area contributed by atoms with Crippen LogP contribution in [0.15, 0.2) is 41.9 Å². The Bertz CT molecular complexity index is 616. The molecule has 1 aliphatic heterocycles. The topological polar surface area (TPSA) is 79.8 Å². The van der Waals surface area contributed by atoms with Crippen LogP contribution in [0, 0.1) is 0 Å². The Morgan fingerprint density at radius 3 is 3.05 bits per heavy atom. The van der Waals surface area contributed by atoms with Crippen molar-refractivity contribution in [1.82, 2.24) is 5.32 Å². The van der Waals surface area contributed by atoms with Crippen LogP contribution in [-0.2, 0) is 9.59 Å². The Morgan fingerprint density at radius 1 is 1.55 bits per heavy atom. The molecule has 1 aliphatic rings. The summed E-state index contributed by atoms with van der Waals surface area (Å²) >= 11 is 1.26. The van der Waals surface area contributed by atoms with E-state index < -0.39 is 5.25 Å². The van der Waals surface area contributed by atoms with Gasteiger partial charge in [-0.1, -0.05) is 30.0 Å². The van der Waals surface area contributed by atoms with Gasteiger partial charge in [0.1, 0.15) is 11.0 Å². The fraction of sp³-hybridized carbons (Fsp3) is 0.267. The van der Waals surface area contributed by atoms with Gasteiger partial charge in [-0.15, -0.1) is 6.58 Å². The van der Waals surface area contributed by atoms with E-state index in [1.54, 1.807) is 24.3 Å². The number of para-hydroxylation sites is 2. The number of carbonyl (C=O) groups is 2. The maximum Gasteiger partial charge on any atom is 0.240 e. The molecule has 1 aromatic rings. The van der Waals surface area contributed by atoms with Crippen molar-refractivity contribution in [3.63, 3.8) is 0 Å². The zero-order chi connectivity index (χ0) is 15.9. The van der Waals surface area contributed by atoms with Crippen molar-refractivity contribution in [3.05, 3.63) is 36.9 Å². The zero-order valence-electron chi connectivity index (χ0n) is 12.2. The van der Waals surface area contributed by atoms with Crippen molar-refractivity contribution in [1.29, 1.82) is 0 Å². The lowest BCUT2D eigenvalue weighted by Gasteiger charge is -2.10. The number of amides is 2. The lowest BCUT2D eigenvalue weighted by atomic mass is 10.2. The second-order valence-corrected chi connectivity index (χ2v) is 5.67. The van der Waals surface area contributed by atoms with Gasteiger partial charge in [0.25, 0.3) is 0 Å². The summed E-state index contributed by atoms with van der Waals surface area (Å²) in [7, 11) is 1.54. The predicted molar refractivity (Wildman–Crippen MR) is 88.3 cm³/mol. The Kier molecular flexibility index (Phi) is 5.60. The molecule has 0 radical (unpaired) electrons. The summed E-state index contributed by atoms with van der Waals surface area (Å²) in [5.74, 6) is 0.123. The first-order chi connectivity index (χ1) is 10.6. The van der Waals surface area contributed by atoms with Gasteiger partial charge in [-0.25, -0.2) is 0 Å². The van der Waals surface area contributed by atoms with Crippen molar-refractivity contribution in [2.75, 3.05) is 19.0 Å². The summed E-state index contributed by atoms with van der Waals surface area (Å²) in [5.41, 5.74) is 0.582. The molecule has 1 saturated heterocycles. The molecule has 1 fully saturated rings. The summed E-state index contributed by atoms with van der Waals surface area (Å²) in [6, 6.07) is 7.12. The van der Waals surface area contributed by atoms with Crippen LogP contribution >= 0.6 is 11.8 Å². The first-order valence-electron chi connectivity index (χ1n) is 6.69. The Labute approximate surface area is 133 Å². The number of hydrogen-bond donors (Lipinski definition) is 2. The molecule has 1 aromatic carbocycles. The van der Waals surface area contributed by atoms with Gasteiger partial charge in [-0.2, -0.15) is 0 Å². The molecule has 6 nitrogen and oxygen atoms in total. The number of carbonyl (C=O) groups excluding carboxylic acids is 2. The molecule has 1 heterocycles. The average Bonchev–Trinajstić information content (AvgIpc) is 2.85. The van der Waals surface area contributed by atoms with E-state index >= 15 is 0 Å². The number of hydrogen-bond acceptors (Lipinski definition) is 5. The van der Waals surface area contributed by atoms with E-state index in [1.165, 1.54) is 18.9 Å². The van der Waals surface area contributed by atoms with E-state index in [0.717, 1.165) is 0 Å². The highest BCUT2D eigenvalue weighted by atomic mass is 32.2. The number of benzene rings is 1. The molecule has 0 bridgehead atoms. The largest absolute Gasteiger partial charge is 0.495 e. The molecule has 0 saturated carbocycles. The molecule has 7 heteroatoms. The SMILES string of the molecule is C=CCN=C1NC(=O)[C@H](CC(=O)Nc2ccccc2OC)S1. The highest BCUT2D eigenvalue weighted by Crippen LogP contribution is 2.26. The fourth-order valence-electron chi connectivity index (χ4n) is 1.88. The minimum Gasteiger partial charge on any atom is -0.495 e. The first kappa shape index (κ1) is 16.1. The number of methoxy groups -OCH3 is 1. The van der Waals surface area contributed by atoms with E-state index in [2.05, 4.69) is 22.2 Å². The first-order valence-corrected chi connectivity index (χ1v) is 7.57. The maximum absolute atomic E-state index is 12.1. The summed E-state index contributed by atoms with van der Waals surface area (Å²) in [6.07, 6.45) is 1.71. The van der Waals surface area contributed by atoms with E-state index in [4.69, 9.17) is 4.74 Å². The minimum atomic E-state index is -0.474. The van der Waals surface area contributed by atoms with Gasteiger partial charge in [-0.3, -0.25) is 14.6 Å². The fourth-order valence-corrected chi connectivity index (χ4v) is 2.86. The van der Waals surface area contributed by atoms with Gasteiger partial charge in [0.05, 0.1) is 19.3 Å². The summed E-state index contributed by atoms with van der Waals surface area (Å²) < 4.78 is 5.17. The Balaban J connectivity index is 1.95. The van der Waals surface area contributed by atoms with Gasteiger partial charge in [-0.05, 0) is 12.1 Å². The molecule has 2 N–H and O–H groups in total. The molecule has 2 rings (SSSR count). The molecule has 2 amide bonds. The molecular formula is C15H17N3O3S. The van der Waals surface area contributed by atoms with E-state index in [9.17, 15) is 9.59 Å². The zero-order valence-corrected chi connectivity index (χ0v) is 13.0. The van der Waals surface area contributed by atoms with Crippen LogP contribution in [0.3, 0.4) is 0 Å². The second kappa shape index (κ2) is 7.65. The third-order valence-corrected chi connectivity index (χ3v) is 4.01. The molecule has 0 unspecified atom stereocenters. The van der Waals surface area contributed by atoms with Crippen LogP contribution in [0.1, 0.15) is 6.42 Å². The molecule has 116 valence electrons. The Morgan fingerprint density at radius 2 is 2.32 bits per heavy atom. The second-order valence-electron chi connectivity index (χ2n) is 4.48. The lowest BCUT2D eigenvalue weighted by molar-refractivity contribution is -0.122. The van der Waals surface area contributed by atoms with Crippen molar-refractivity contribution in [2.45, 2.75) is 11.7 Å². The van der Waals surface area contributed by atoms with Crippen LogP contribution in [0.25, 0.3) is 0 Å². The minimum absolute atomic E-state index is 0.0711. The number of ether oxygens (including phenoxy) is 1. The van der Waals surface area contributed by atoms with E-state index in [1.807, 2.05) is 6.07 Å². The highest BCUT2D eigenvalue weighted by molar-refractivity contribution is 8.15. The molecule has 0 aliphatic carbocycles. The van der Waals surface area contributed by atoms with Crippen molar-refractivity contribution < 1.29 is 14.3 Å². The standard InChI is InChI=1S/C15H17N3O3S/c1-3-8-16-15-18-14(20)12(22-15)9-13(19)17-10-6-4-5-7-11(10)21-2/h3-7,12H,1,8-9H2,2H3,(H,17,19)(H,16,18,20)/t12-/m0/s1. The number of rotatable bonds is 6. The van der Waals surface area contributed by atoms with E-state index in [0.29, 0.717) is 23.1 Å². The van der Waals surface area contributed by atoms with Crippen molar-refractivity contribution in [2.24, 2.45) is 4.99 Å². The summed E-state index contributed by atoms with van der Waals surface area (Å²) in [6.45, 7) is 4.00. The van der Waals surface area contributed by atoms with Gasteiger partial charge >= 0.3 is 0 Å². The van der Waals surface area contributed by atoms with Crippen molar-refractivity contribution in [3.8, 4) is 5.75 Å². The molecule has 22 heavy (non-hydrogen) atoms. The number of anilines is 1. The highest BCUT2D eigenvalue weighted by Gasteiger charge is 2.31. The van der Waals surface area contributed by atoms with Gasteiger partial charge in [0.2, 0.25) is 11.8 Å². The average molecular weight is 319 g/mol. The molecule has 1 atom stereocenters. The molecular weight excluding hydrogens is 302 g/mol. The van der Waals surface area contributed by atoms with Crippen LogP contribution in [-0.4, -0.2) is 35.9 Å². The van der Waals surface area contributed by atoms with Crippen LogP contribution in [0.5, 0.6) is 5.75 Å². The predicted octanol–water partition coefficient (Wildman–Crippen LogP) is 1.80. The van der Waals surface area contributed by atoms with Crippen LogP contribution in [0.2, 0.25) is 0 Å². The third-order valence-electron chi connectivity index (χ3n) is 2.89. The van der Waals surface area contributed by atoms with Crippen LogP contribution < -0.4 is 15.4 Å². The number of amidine groups is 1. The summed E-state index contributed by atoms with van der Waals surface area (Å²) in [4.78, 5) is 28.0. The number of nitrogens with one attached hydrogen (secondary N) is 2. The molecule has 0 spiro atoms. The number of thioether (sulfide) groups is 1. The third kappa shape index (κ3) is 4.11. The van der Waals surface area contributed by atoms with E-state index in [-0.39, 0.29) is 18.2 Å². The Hall–Kier alpha value is -2.28. The van der Waals surface area contributed by atoms with Crippen molar-refractivity contribution >= 4 is 34.4 Å². The smallest absolute Gasteiger partial charge is 0.240 e. The quantitative estimate of drug-likeness (QED) is 0.784. The van der Waals surface area contributed by atoms with Gasteiger partial charge in [0.15, 0.2) is 5.17 Å². The van der Waals surface area contributed by atoms with Gasteiger partial charge in [0, 0.05) is 6.42 Å². The number of nitrogens with zero attached hydrogens (tertiary/aromatic N) is 1. The lowest BCUT2D eigenvalue weighted by Crippen LogP contribution is -2.28. The maximum atomic E-state index is 12.1. The monoisotopic (exact) mass is 319 g/mol. The van der Waals surface area contributed by atoms with Crippen LogP contribution in [0.4, 0.5) is 5.69 Å². The van der Waals surface area contributed by atoms with Gasteiger partial charge < -0.3 is 15.4 Å². The normalized spacial score (nSPS) is 18.9. The summed E-state index contributed by atoms with van der Waals surface area (Å²) in [5, 5.41) is 5.46.